The number of amides is 1. The van der Waals surface area contributed by atoms with Crippen molar-refractivity contribution < 1.29 is 4.79 Å². The minimum absolute atomic E-state index is 0.0165. The monoisotopic (exact) mass is 193 g/mol. The normalized spacial score (nSPS) is 52.6. The highest BCUT2D eigenvalue weighted by Gasteiger charge is 2.71. The zero-order valence-electron chi connectivity index (χ0n) is 9.05. The van der Waals surface area contributed by atoms with Crippen LogP contribution in [0.5, 0.6) is 0 Å². The fourth-order valence-electron chi connectivity index (χ4n) is 5.06. The first-order valence-electron chi connectivity index (χ1n) is 5.79. The third-order valence-electron chi connectivity index (χ3n) is 5.58. The molecule has 2 nitrogen and oxygen atoms in total. The fourth-order valence-corrected chi connectivity index (χ4v) is 5.06. The number of carbonyl (C=O) groups excluding carboxylic acids is 1. The first kappa shape index (κ1) is 8.75. The maximum atomic E-state index is 11.8. The van der Waals surface area contributed by atoms with Crippen molar-refractivity contribution in [1.82, 2.24) is 0 Å². The molecule has 0 aromatic rings. The quantitative estimate of drug-likeness (QED) is 0.679. The smallest absolute Gasteiger partial charge is 0.224 e. The Kier molecular flexibility index (Phi) is 1.36. The molecule has 78 valence electrons. The van der Waals surface area contributed by atoms with Gasteiger partial charge in [0.15, 0.2) is 0 Å². The summed E-state index contributed by atoms with van der Waals surface area (Å²) in [6, 6.07) is 0. The molecule has 1 amide bonds. The van der Waals surface area contributed by atoms with Crippen LogP contribution in [0, 0.1) is 28.6 Å². The van der Waals surface area contributed by atoms with Crippen LogP contribution in [0.1, 0.15) is 39.5 Å². The molecule has 3 aliphatic carbocycles. The summed E-state index contributed by atoms with van der Waals surface area (Å²) in [4.78, 5) is 11.8. The Balaban J connectivity index is 2.12. The summed E-state index contributed by atoms with van der Waals surface area (Å²) in [5, 5.41) is 0. The van der Waals surface area contributed by atoms with Crippen LogP contribution in [0.3, 0.4) is 0 Å². The number of primary amides is 1. The molecule has 3 rings (SSSR count). The van der Waals surface area contributed by atoms with E-state index < -0.39 is 0 Å². The molecule has 2 heteroatoms. The van der Waals surface area contributed by atoms with Gasteiger partial charge in [-0.15, -0.1) is 0 Å². The minimum atomic E-state index is -0.138. The van der Waals surface area contributed by atoms with Gasteiger partial charge in [-0.05, 0) is 48.9 Å². The Morgan fingerprint density at radius 3 is 2.50 bits per heavy atom. The van der Waals surface area contributed by atoms with Crippen molar-refractivity contribution in [2.24, 2.45) is 34.3 Å². The largest absolute Gasteiger partial charge is 0.369 e. The van der Waals surface area contributed by atoms with Gasteiger partial charge in [-0.1, -0.05) is 13.8 Å². The number of hydrogen-bond donors (Lipinski definition) is 1. The molecule has 4 atom stereocenters. The number of nitrogens with two attached hydrogens (primary N) is 1. The average Bonchev–Trinajstić information content (AvgIpc) is 2.65. The van der Waals surface area contributed by atoms with Crippen molar-refractivity contribution in [3.05, 3.63) is 0 Å². The highest BCUT2D eigenvalue weighted by atomic mass is 16.1. The van der Waals surface area contributed by atoms with E-state index in [1.807, 2.05) is 0 Å². The van der Waals surface area contributed by atoms with E-state index in [9.17, 15) is 4.79 Å². The van der Waals surface area contributed by atoms with E-state index in [1.54, 1.807) is 0 Å². The van der Waals surface area contributed by atoms with E-state index in [2.05, 4.69) is 13.8 Å². The molecular formula is C12H19NO. The molecule has 2 N–H and O–H groups in total. The van der Waals surface area contributed by atoms with Gasteiger partial charge in [0, 0.05) is 0 Å². The summed E-state index contributed by atoms with van der Waals surface area (Å²) in [5.74, 6) is 2.25. The van der Waals surface area contributed by atoms with Crippen molar-refractivity contribution in [2.75, 3.05) is 0 Å². The molecule has 3 aliphatic rings. The van der Waals surface area contributed by atoms with E-state index in [-0.39, 0.29) is 16.7 Å². The number of hydrogen-bond acceptors (Lipinski definition) is 1. The van der Waals surface area contributed by atoms with Crippen LogP contribution >= 0.6 is 0 Å². The lowest BCUT2D eigenvalue weighted by Gasteiger charge is -2.45. The summed E-state index contributed by atoms with van der Waals surface area (Å²) in [7, 11) is 0. The SMILES string of the molecule is CC1(C)C[C@@H]2[C@@H]3CC[C@H]2[C@@]1(C(N)=O)C3. The molecule has 0 radical (unpaired) electrons. The standard InChI is InChI=1S/C12H19NO/c1-11(2)6-8-7-3-4-9(8)12(11,5-7)10(13)14/h7-9H,3-6H2,1-2H3,(H2,13,14)/t7-,8-,9-,12-/m1/s1. The third kappa shape index (κ3) is 0.665. The summed E-state index contributed by atoms with van der Waals surface area (Å²) < 4.78 is 0. The van der Waals surface area contributed by atoms with Gasteiger partial charge in [0.2, 0.25) is 5.91 Å². The van der Waals surface area contributed by atoms with Crippen molar-refractivity contribution in [3.8, 4) is 0 Å². The second-order valence-electron chi connectivity index (χ2n) is 6.24. The second-order valence-corrected chi connectivity index (χ2v) is 6.24. The van der Waals surface area contributed by atoms with E-state index in [0.717, 1.165) is 18.3 Å². The first-order chi connectivity index (χ1) is 6.49. The lowest BCUT2D eigenvalue weighted by Crippen LogP contribution is -2.49. The lowest BCUT2D eigenvalue weighted by molar-refractivity contribution is -0.138. The number of carbonyl (C=O) groups is 1. The first-order valence-corrected chi connectivity index (χ1v) is 5.79. The molecule has 3 fully saturated rings. The second kappa shape index (κ2) is 2.17. The van der Waals surface area contributed by atoms with Crippen LogP contribution < -0.4 is 5.73 Å². The van der Waals surface area contributed by atoms with Gasteiger partial charge in [0.25, 0.3) is 0 Å². The molecule has 14 heavy (non-hydrogen) atoms. The zero-order valence-corrected chi connectivity index (χ0v) is 9.05. The topological polar surface area (TPSA) is 43.1 Å². The molecule has 0 unspecified atom stereocenters. The Labute approximate surface area is 85.2 Å². The molecule has 0 saturated heterocycles. The maximum absolute atomic E-state index is 11.8. The average molecular weight is 193 g/mol. The molecule has 0 aliphatic heterocycles. The maximum Gasteiger partial charge on any atom is 0.224 e. The molecule has 0 aromatic carbocycles. The van der Waals surface area contributed by atoms with Crippen molar-refractivity contribution in [2.45, 2.75) is 39.5 Å². The fraction of sp³-hybridized carbons (Fsp3) is 0.917. The van der Waals surface area contributed by atoms with Crippen molar-refractivity contribution in [1.29, 1.82) is 0 Å². The molecule has 3 saturated carbocycles. The van der Waals surface area contributed by atoms with Gasteiger partial charge >= 0.3 is 0 Å². The van der Waals surface area contributed by atoms with Gasteiger partial charge in [0.1, 0.15) is 0 Å². The molecular weight excluding hydrogens is 174 g/mol. The Morgan fingerprint density at radius 2 is 2.00 bits per heavy atom. The number of rotatable bonds is 1. The predicted molar refractivity (Wildman–Crippen MR) is 54.3 cm³/mol. The van der Waals surface area contributed by atoms with Crippen LogP contribution in [0.25, 0.3) is 0 Å². The Hall–Kier alpha value is -0.530. The van der Waals surface area contributed by atoms with Crippen molar-refractivity contribution in [3.63, 3.8) is 0 Å². The van der Waals surface area contributed by atoms with E-state index in [4.69, 9.17) is 5.73 Å². The Morgan fingerprint density at radius 1 is 1.29 bits per heavy atom. The summed E-state index contributed by atoms with van der Waals surface area (Å²) in [6.45, 7) is 4.48. The van der Waals surface area contributed by atoms with Crippen LogP contribution in [-0.4, -0.2) is 5.91 Å². The van der Waals surface area contributed by atoms with Gasteiger partial charge in [-0.3, -0.25) is 4.79 Å². The lowest BCUT2D eigenvalue weighted by atomic mass is 9.58. The molecule has 0 heterocycles. The van der Waals surface area contributed by atoms with Gasteiger partial charge < -0.3 is 5.73 Å². The van der Waals surface area contributed by atoms with Crippen LogP contribution in [0.15, 0.2) is 0 Å². The van der Waals surface area contributed by atoms with E-state index in [1.165, 1.54) is 19.3 Å². The van der Waals surface area contributed by atoms with Crippen LogP contribution in [-0.2, 0) is 4.79 Å². The summed E-state index contributed by atoms with van der Waals surface area (Å²) in [5.41, 5.74) is 5.71. The van der Waals surface area contributed by atoms with E-state index in [0.29, 0.717) is 5.92 Å². The van der Waals surface area contributed by atoms with E-state index >= 15 is 0 Å². The van der Waals surface area contributed by atoms with Crippen LogP contribution in [0.4, 0.5) is 0 Å². The highest BCUT2D eigenvalue weighted by Crippen LogP contribution is 2.74. The molecule has 4 bridgehead atoms. The zero-order chi connectivity index (χ0) is 10.1. The predicted octanol–water partition coefficient (Wildman–Crippen LogP) is 1.93. The van der Waals surface area contributed by atoms with Gasteiger partial charge in [-0.2, -0.15) is 0 Å². The minimum Gasteiger partial charge on any atom is -0.369 e. The summed E-state index contributed by atoms with van der Waals surface area (Å²) in [6.07, 6.45) is 4.91. The van der Waals surface area contributed by atoms with Gasteiger partial charge in [0.05, 0.1) is 5.41 Å². The summed E-state index contributed by atoms with van der Waals surface area (Å²) >= 11 is 0. The molecule has 0 aromatic heterocycles. The molecule has 0 spiro atoms. The highest BCUT2D eigenvalue weighted by molar-refractivity contribution is 5.83. The Bertz CT molecular complexity index is 309. The van der Waals surface area contributed by atoms with Crippen LogP contribution in [0.2, 0.25) is 0 Å². The van der Waals surface area contributed by atoms with Gasteiger partial charge in [-0.25, -0.2) is 0 Å². The van der Waals surface area contributed by atoms with Crippen molar-refractivity contribution >= 4 is 5.91 Å². The third-order valence-corrected chi connectivity index (χ3v) is 5.58.